The third kappa shape index (κ3) is 0.592. The molecule has 4 unspecified atom stereocenters. The number of rotatable bonds is 0. The van der Waals surface area contributed by atoms with Crippen molar-refractivity contribution >= 4 is 0 Å². The zero-order valence-electron chi connectivity index (χ0n) is 10.9. The molecule has 3 nitrogen and oxygen atoms in total. The summed E-state index contributed by atoms with van der Waals surface area (Å²) in [5.41, 5.74) is -0.565. The highest BCUT2D eigenvalue weighted by Gasteiger charge is 2.91. The molecule has 0 aromatic carbocycles. The summed E-state index contributed by atoms with van der Waals surface area (Å²) in [6, 6.07) is 0. The van der Waals surface area contributed by atoms with E-state index in [9.17, 15) is 5.11 Å². The van der Waals surface area contributed by atoms with E-state index in [2.05, 4.69) is 27.7 Å². The Morgan fingerprint density at radius 3 is 1.53 bits per heavy atom. The summed E-state index contributed by atoms with van der Waals surface area (Å²) < 4.78 is 13.0. The molecular formula is C14H20O3. The zero-order chi connectivity index (χ0) is 12.0. The Bertz CT molecular complexity index is 392. The first kappa shape index (κ1) is 9.76. The number of aliphatic hydroxyl groups is 1. The molecule has 4 aliphatic heterocycles. The molecule has 2 saturated carbocycles. The van der Waals surface area contributed by atoms with Crippen molar-refractivity contribution in [3.8, 4) is 0 Å². The van der Waals surface area contributed by atoms with Crippen molar-refractivity contribution in [1.82, 2.24) is 0 Å². The fourth-order valence-electron chi connectivity index (χ4n) is 7.16. The summed E-state index contributed by atoms with van der Waals surface area (Å²) in [7, 11) is 0. The molecule has 17 heavy (non-hydrogen) atoms. The van der Waals surface area contributed by atoms with Crippen LogP contribution in [0.1, 0.15) is 34.1 Å². The van der Waals surface area contributed by atoms with Crippen LogP contribution in [0.15, 0.2) is 0 Å². The van der Waals surface area contributed by atoms with Gasteiger partial charge in [0.05, 0.1) is 28.5 Å². The van der Waals surface area contributed by atoms with Crippen LogP contribution in [0.2, 0.25) is 0 Å². The number of ether oxygens (including phenoxy) is 2. The van der Waals surface area contributed by atoms with Crippen LogP contribution in [0.25, 0.3) is 0 Å². The molecule has 8 bridgehead atoms. The van der Waals surface area contributed by atoms with Gasteiger partial charge < -0.3 is 14.6 Å². The monoisotopic (exact) mass is 236 g/mol. The van der Waals surface area contributed by atoms with Crippen LogP contribution in [-0.4, -0.2) is 33.6 Å². The normalized spacial score (nSPS) is 82.1. The second-order valence-corrected chi connectivity index (χ2v) is 7.73. The van der Waals surface area contributed by atoms with Gasteiger partial charge in [0.25, 0.3) is 0 Å². The first-order valence-corrected chi connectivity index (χ1v) is 6.87. The molecule has 6 rings (SSSR count). The predicted octanol–water partition coefficient (Wildman–Crippen LogP) is 1.34. The number of aliphatic hydroxyl groups excluding tert-OH is 1. The fraction of sp³-hybridized carbons (Fsp3) is 1.00. The van der Waals surface area contributed by atoms with Crippen LogP contribution in [0.4, 0.5) is 0 Å². The lowest BCUT2D eigenvalue weighted by Gasteiger charge is -2.89. The van der Waals surface area contributed by atoms with Gasteiger partial charge in [0.2, 0.25) is 0 Å². The Labute approximate surface area is 101 Å². The highest BCUT2D eigenvalue weighted by Crippen LogP contribution is 2.82. The van der Waals surface area contributed by atoms with E-state index in [1.165, 1.54) is 6.42 Å². The predicted molar refractivity (Wildman–Crippen MR) is 60.4 cm³/mol. The molecule has 2 aliphatic carbocycles. The van der Waals surface area contributed by atoms with Gasteiger partial charge in [-0.05, 0) is 34.1 Å². The summed E-state index contributed by atoms with van der Waals surface area (Å²) in [6.45, 7) is 8.76. The number of hydrogen-bond donors (Lipinski definition) is 1. The molecule has 1 N–H and O–H groups in total. The molecular weight excluding hydrogens is 216 g/mol. The maximum Gasteiger partial charge on any atom is 0.0798 e. The largest absolute Gasteiger partial charge is 0.392 e. The van der Waals surface area contributed by atoms with E-state index in [4.69, 9.17) is 9.47 Å². The van der Waals surface area contributed by atoms with Crippen molar-refractivity contribution in [2.75, 3.05) is 0 Å². The lowest BCUT2D eigenvalue weighted by atomic mass is 9.30. The Hall–Kier alpha value is -0.120. The van der Waals surface area contributed by atoms with Crippen LogP contribution >= 0.6 is 0 Å². The quantitative estimate of drug-likeness (QED) is 0.690. The van der Waals surface area contributed by atoms with Crippen LogP contribution in [0, 0.1) is 23.7 Å². The molecule has 0 aromatic rings. The van der Waals surface area contributed by atoms with E-state index < -0.39 is 0 Å². The highest BCUT2D eigenvalue weighted by atomic mass is 16.6. The minimum absolute atomic E-state index is 0.141. The van der Waals surface area contributed by atoms with E-state index in [0.29, 0.717) is 11.8 Å². The molecule has 0 amide bonds. The average Bonchev–Trinajstić information content (AvgIpc) is 2.11. The van der Waals surface area contributed by atoms with Crippen molar-refractivity contribution in [3.05, 3.63) is 0 Å². The van der Waals surface area contributed by atoms with Crippen LogP contribution in [0.3, 0.4) is 0 Å². The average molecular weight is 236 g/mol. The van der Waals surface area contributed by atoms with Gasteiger partial charge >= 0.3 is 0 Å². The smallest absolute Gasteiger partial charge is 0.0798 e. The van der Waals surface area contributed by atoms with Gasteiger partial charge in [0, 0.05) is 23.7 Å². The van der Waals surface area contributed by atoms with Crippen molar-refractivity contribution < 1.29 is 14.6 Å². The molecule has 0 spiro atoms. The maximum absolute atomic E-state index is 10.7. The van der Waals surface area contributed by atoms with Crippen molar-refractivity contribution in [2.45, 2.75) is 62.6 Å². The van der Waals surface area contributed by atoms with E-state index in [0.717, 1.165) is 0 Å². The highest BCUT2D eigenvalue weighted by molar-refractivity contribution is 5.39. The van der Waals surface area contributed by atoms with Crippen LogP contribution in [0.5, 0.6) is 0 Å². The Kier molecular flexibility index (Phi) is 1.15. The maximum atomic E-state index is 10.7. The molecule has 0 radical (unpaired) electrons. The van der Waals surface area contributed by atoms with Crippen molar-refractivity contribution in [2.24, 2.45) is 23.7 Å². The van der Waals surface area contributed by atoms with Gasteiger partial charge in [-0.1, -0.05) is 0 Å². The Morgan fingerprint density at radius 2 is 1.18 bits per heavy atom. The topological polar surface area (TPSA) is 38.7 Å². The molecule has 94 valence electrons. The van der Waals surface area contributed by atoms with E-state index in [1.807, 2.05) is 0 Å². The molecule has 6 fully saturated rings. The summed E-state index contributed by atoms with van der Waals surface area (Å²) >= 11 is 0. The van der Waals surface area contributed by atoms with E-state index in [1.54, 1.807) is 0 Å². The molecule has 4 saturated heterocycles. The van der Waals surface area contributed by atoms with E-state index >= 15 is 0 Å². The molecule has 4 atom stereocenters. The first-order valence-electron chi connectivity index (χ1n) is 6.87. The Morgan fingerprint density at radius 1 is 0.824 bits per heavy atom. The van der Waals surface area contributed by atoms with E-state index in [-0.39, 0.29) is 40.3 Å². The molecule has 0 aromatic heterocycles. The molecule has 6 aliphatic rings. The molecule has 3 heteroatoms. The third-order valence-electron chi connectivity index (χ3n) is 7.27. The first-order chi connectivity index (χ1) is 7.78. The van der Waals surface area contributed by atoms with Crippen LogP contribution in [-0.2, 0) is 9.47 Å². The summed E-state index contributed by atoms with van der Waals surface area (Å²) in [5.74, 6) is 1.30. The summed E-state index contributed by atoms with van der Waals surface area (Å²) in [4.78, 5) is 0. The van der Waals surface area contributed by atoms with Gasteiger partial charge in [-0.3, -0.25) is 0 Å². The second-order valence-electron chi connectivity index (χ2n) is 7.73. The van der Waals surface area contributed by atoms with Gasteiger partial charge in [-0.2, -0.15) is 0 Å². The van der Waals surface area contributed by atoms with Crippen molar-refractivity contribution in [1.29, 1.82) is 0 Å². The SMILES string of the molecule is CC12OC3(C)C4CC1C1(C)OC4(C)C3C(O)C21. The van der Waals surface area contributed by atoms with Gasteiger partial charge in [0.15, 0.2) is 0 Å². The Balaban J connectivity index is 1.80. The standard InChI is InChI=1S/C14H20O3/c1-11-6-5-7-13(3,16-11)10-8(15)9(11)12(6,2)17-14(7,10)4/h6-10,15H,5H2,1-4H3. The second kappa shape index (κ2) is 2.00. The van der Waals surface area contributed by atoms with Gasteiger partial charge in [-0.15, -0.1) is 0 Å². The van der Waals surface area contributed by atoms with Crippen LogP contribution < -0.4 is 0 Å². The van der Waals surface area contributed by atoms with Gasteiger partial charge in [0.1, 0.15) is 0 Å². The van der Waals surface area contributed by atoms with Crippen molar-refractivity contribution in [3.63, 3.8) is 0 Å². The summed E-state index contributed by atoms with van der Waals surface area (Å²) in [6.07, 6.45) is 0.981. The minimum atomic E-state index is -0.240. The molecule has 4 heterocycles. The third-order valence-corrected chi connectivity index (χ3v) is 7.27. The lowest BCUT2D eigenvalue weighted by molar-refractivity contribution is -0.561. The van der Waals surface area contributed by atoms with Gasteiger partial charge in [-0.25, -0.2) is 0 Å². The minimum Gasteiger partial charge on any atom is -0.392 e. The lowest BCUT2D eigenvalue weighted by Crippen LogP contribution is -2.99. The zero-order valence-corrected chi connectivity index (χ0v) is 10.9. The summed E-state index contributed by atoms with van der Waals surface area (Å²) in [5, 5.41) is 10.7. The number of hydrogen-bond acceptors (Lipinski definition) is 3. The fourth-order valence-corrected chi connectivity index (χ4v) is 7.16.